The molecule has 1 saturated heterocycles. The lowest BCUT2D eigenvalue weighted by molar-refractivity contribution is -0.121. The molecule has 1 heterocycles. The van der Waals surface area contributed by atoms with Crippen molar-refractivity contribution in [3.8, 4) is 5.75 Å². The number of nitrogens with zero attached hydrogens (tertiary/aromatic N) is 1. The number of hydrogen-bond acceptors (Lipinski definition) is 4. The molecule has 26 heavy (non-hydrogen) atoms. The van der Waals surface area contributed by atoms with Gasteiger partial charge in [0.25, 0.3) is 5.91 Å². The number of halogens is 1. The van der Waals surface area contributed by atoms with Crippen molar-refractivity contribution in [3.63, 3.8) is 0 Å². The molecule has 0 unspecified atom stereocenters. The van der Waals surface area contributed by atoms with E-state index in [1.54, 1.807) is 6.08 Å². The third-order valence-corrected chi connectivity index (χ3v) is 5.48. The van der Waals surface area contributed by atoms with Crippen molar-refractivity contribution in [3.05, 3.63) is 82.2 Å². The third-order valence-electron chi connectivity index (χ3n) is 3.73. The molecule has 0 atom stereocenters. The van der Waals surface area contributed by atoms with Gasteiger partial charge >= 0.3 is 0 Å². The monoisotopic (exact) mass is 401 g/mol. The van der Waals surface area contributed by atoms with Crippen molar-refractivity contribution in [2.75, 3.05) is 6.54 Å². The number of carbonyl (C=O) groups is 1. The number of hydrogen-bond donors (Lipinski definition) is 0. The second-order valence-electron chi connectivity index (χ2n) is 5.50. The lowest BCUT2D eigenvalue weighted by Gasteiger charge is -2.11. The molecular formula is C20H16ClNO2S2. The van der Waals surface area contributed by atoms with Gasteiger partial charge in [0.2, 0.25) is 0 Å². The summed E-state index contributed by atoms with van der Waals surface area (Å²) in [7, 11) is 0. The van der Waals surface area contributed by atoms with E-state index < -0.39 is 0 Å². The number of rotatable bonds is 6. The van der Waals surface area contributed by atoms with Crippen molar-refractivity contribution in [2.24, 2.45) is 0 Å². The summed E-state index contributed by atoms with van der Waals surface area (Å²) in [6.07, 6.45) is 3.47. The number of para-hydroxylation sites is 1. The SMILES string of the molecule is C=CCN1C(=O)/C(=C/c2ccccc2OCc2ccccc2Cl)SC1=S. The van der Waals surface area contributed by atoms with Gasteiger partial charge in [-0.2, -0.15) is 0 Å². The van der Waals surface area contributed by atoms with Crippen LogP contribution in [0.15, 0.2) is 66.1 Å². The highest BCUT2D eigenvalue weighted by molar-refractivity contribution is 8.26. The van der Waals surface area contributed by atoms with Gasteiger partial charge < -0.3 is 4.74 Å². The van der Waals surface area contributed by atoms with E-state index in [4.69, 9.17) is 28.6 Å². The van der Waals surface area contributed by atoms with Gasteiger partial charge in [-0.15, -0.1) is 6.58 Å². The molecule has 2 aromatic rings. The number of carbonyl (C=O) groups excluding carboxylic acids is 1. The summed E-state index contributed by atoms with van der Waals surface area (Å²) in [5.74, 6) is 0.571. The Kier molecular flexibility index (Phi) is 6.14. The molecule has 132 valence electrons. The fourth-order valence-electron chi connectivity index (χ4n) is 2.43. The predicted octanol–water partition coefficient (Wildman–Crippen LogP) is 5.31. The minimum absolute atomic E-state index is 0.110. The van der Waals surface area contributed by atoms with Gasteiger partial charge in [-0.25, -0.2) is 0 Å². The van der Waals surface area contributed by atoms with Crippen LogP contribution >= 0.6 is 35.6 Å². The fraction of sp³-hybridized carbons (Fsp3) is 0.100. The van der Waals surface area contributed by atoms with Crippen LogP contribution in [0.2, 0.25) is 5.02 Å². The zero-order valence-corrected chi connectivity index (χ0v) is 16.2. The molecule has 3 nitrogen and oxygen atoms in total. The van der Waals surface area contributed by atoms with Crippen LogP contribution in [0.5, 0.6) is 5.75 Å². The Morgan fingerprint density at radius 3 is 2.69 bits per heavy atom. The molecule has 1 fully saturated rings. The third kappa shape index (κ3) is 4.18. The van der Waals surface area contributed by atoms with Crippen LogP contribution in [0.3, 0.4) is 0 Å². The van der Waals surface area contributed by atoms with Crippen LogP contribution in [0, 0.1) is 0 Å². The maximum Gasteiger partial charge on any atom is 0.266 e. The molecule has 0 N–H and O–H groups in total. The Morgan fingerprint density at radius 2 is 1.92 bits per heavy atom. The molecule has 0 aromatic heterocycles. The maximum absolute atomic E-state index is 12.5. The van der Waals surface area contributed by atoms with Gasteiger partial charge in [0, 0.05) is 22.7 Å². The van der Waals surface area contributed by atoms with Gasteiger partial charge in [-0.3, -0.25) is 9.69 Å². The topological polar surface area (TPSA) is 29.5 Å². The van der Waals surface area contributed by atoms with Crippen molar-refractivity contribution in [1.82, 2.24) is 4.90 Å². The number of thioether (sulfide) groups is 1. The van der Waals surface area contributed by atoms with Crippen LogP contribution < -0.4 is 4.74 Å². The van der Waals surface area contributed by atoms with Crippen LogP contribution in [0.4, 0.5) is 0 Å². The molecule has 3 rings (SSSR count). The number of amides is 1. The van der Waals surface area contributed by atoms with Crippen LogP contribution in [0.25, 0.3) is 6.08 Å². The molecular weight excluding hydrogens is 386 g/mol. The molecule has 0 radical (unpaired) electrons. The minimum Gasteiger partial charge on any atom is -0.488 e. The van der Waals surface area contributed by atoms with E-state index in [9.17, 15) is 4.79 Å². The number of ether oxygens (including phenoxy) is 1. The van der Waals surface area contributed by atoms with Crippen molar-refractivity contribution >= 4 is 51.9 Å². The molecule has 1 aliphatic rings. The minimum atomic E-state index is -0.110. The van der Waals surface area contributed by atoms with Gasteiger partial charge in [-0.05, 0) is 18.2 Å². The summed E-state index contributed by atoms with van der Waals surface area (Å²) in [5, 5.41) is 0.662. The van der Waals surface area contributed by atoms with Gasteiger partial charge in [-0.1, -0.05) is 78.1 Å². The molecule has 0 aliphatic carbocycles. The van der Waals surface area contributed by atoms with E-state index >= 15 is 0 Å². The highest BCUT2D eigenvalue weighted by atomic mass is 35.5. The quantitative estimate of drug-likeness (QED) is 0.373. The Balaban J connectivity index is 1.81. The van der Waals surface area contributed by atoms with E-state index in [2.05, 4.69) is 6.58 Å². The maximum atomic E-state index is 12.5. The average Bonchev–Trinajstić information content (AvgIpc) is 2.90. The Morgan fingerprint density at radius 1 is 1.19 bits per heavy atom. The molecule has 0 spiro atoms. The van der Waals surface area contributed by atoms with Crippen LogP contribution in [-0.4, -0.2) is 21.7 Å². The van der Waals surface area contributed by atoms with E-state index in [1.807, 2.05) is 54.6 Å². The molecule has 6 heteroatoms. The second-order valence-corrected chi connectivity index (χ2v) is 7.58. The summed E-state index contributed by atoms with van der Waals surface area (Å²) in [5.41, 5.74) is 1.72. The largest absolute Gasteiger partial charge is 0.488 e. The number of thiocarbonyl (C=S) groups is 1. The Labute approximate surface area is 167 Å². The van der Waals surface area contributed by atoms with Crippen LogP contribution in [0.1, 0.15) is 11.1 Å². The Bertz CT molecular complexity index is 895. The molecule has 1 amide bonds. The average molecular weight is 402 g/mol. The Hall–Kier alpha value is -2.08. The van der Waals surface area contributed by atoms with E-state index in [-0.39, 0.29) is 5.91 Å². The molecule has 2 aromatic carbocycles. The van der Waals surface area contributed by atoms with E-state index in [0.717, 1.165) is 11.1 Å². The summed E-state index contributed by atoms with van der Waals surface area (Å²) >= 11 is 12.7. The summed E-state index contributed by atoms with van der Waals surface area (Å²) < 4.78 is 6.48. The van der Waals surface area contributed by atoms with Crippen LogP contribution in [-0.2, 0) is 11.4 Å². The molecule has 1 aliphatic heterocycles. The summed E-state index contributed by atoms with van der Waals surface area (Å²) in [4.78, 5) is 14.6. The lowest BCUT2D eigenvalue weighted by Crippen LogP contribution is -2.27. The van der Waals surface area contributed by atoms with Crippen molar-refractivity contribution in [2.45, 2.75) is 6.61 Å². The highest BCUT2D eigenvalue weighted by Gasteiger charge is 2.31. The number of benzene rings is 2. The van der Waals surface area contributed by atoms with Gasteiger partial charge in [0.1, 0.15) is 16.7 Å². The first-order valence-corrected chi connectivity index (χ1v) is 9.52. The first-order valence-electron chi connectivity index (χ1n) is 7.91. The first-order chi connectivity index (χ1) is 12.6. The van der Waals surface area contributed by atoms with E-state index in [1.165, 1.54) is 16.7 Å². The standard InChI is InChI=1S/C20H16ClNO2S2/c1-2-11-22-19(23)18(26-20(22)25)12-14-7-4-6-10-17(14)24-13-15-8-3-5-9-16(15)21/h2-10,12H,1,11,13H2/b18-12-. The molecule has 0 bridgehead atoms. The van der Waals surface area contributed by atoms with Gasteiger partial charge in [0.15, 0.2) is 0 Å². The van der Waals surface area contributed by atoms with Crippen molar-refractivity contribution < 1.29 is 9.53 Å². The fourth-order valence-corrected chi connectivity index (χ4v) is 3.89. The normalized spacial score (nSPS) is 15.6. The summed E-state index contributed by atoms with van der Waals surface area (Å²) in [6, 6.07) is 15.1. The molecule has 0 saturated carbocycles. The zero-order chi connectivity index (χ0) is 18.5. The second kappa shape index (κ2) is 8.54. The lowest BCUT2D eigenvalue weighted by atomic mass is 10.1. The predicted molar refractivity (Wildman–Crippen MR) is 112 cm³/mol. The van der Waals surface area contributed by atoms with E-state index in [0.29, 0.717) is 33.1 Å². The first kappa shape index (κ1) is 18.7. The summed E-state index contributed by atoms with van der Waals surface area (Å²) in [6.45, 7) is 4.42. The smallest absolute Gasteiger partial charge is 0.266 e. The zero-order valence-electron chi connectivity index (χ0n) is 13.9. The van der Waals surface area contributed by atoms with Gasteiger partial charge in [0.05, 0.1) is 4.91 Å². The highest BCUT2D eigenvalue weighted by Crippen LogP contribution is 2.34. The van der Waals surface area contributed by atoms with Crippen molar-refractivity contribution in [1.29, 1.82) is 0 Å².